The van der Waals surface area contributed by atoms with Crippen molar-refractivity contribution in [3.63, 3.8) is 0 Å². The average molecular weight is 164 g/mol. The van der Waals surface area contributed by atoms with E-state index in [1.54, 1.807) is 0 Å². The van der Waals surface area contributed by atoms with Gasteiger partial charge < -0.3 is 10.7 Å². The summed E-state index contributed by atoms with van der Waals surface area (Å²) >= 11 is 0. The van der Waals surface area contributed by atoms with Crippen molar-refractivity contribution in [3.05, 3.63) is 27.7 Å². The smallest absolute Gasteiger partial charge is 0.271 e. The first-order chi connectivity index (χ1) is 5.68. The molecule has 12 heavy (non-hydrogen) atoms. The topological polar surface area (TPSA) is 58.9 Å². The first-order valence-electron chi connectivity index (χ1n) is 4.18. The zero-order valence-corrected chi connectivity index (χ0v) is 7.05. The van der Waals surface area contributed by atoms with Crippen LogP contribution >= 0.6 is 0 Å². The van der Waals surface area contributed by atoms with Crippen LogP contribution in [0.1, 0.15) is 30.0 Å². The molecule has 3 nitrogen and oxygen atoms in total. The Morgan fingerprint density at radius 1 is 1.58 bits per heavy atom. The molecule has 0 radical (unpaired) electrons. The predicted molar refractivity (Wildman–Crippen MR) is 48.2 cm³/mol. The van der Waals surface area contributed by atoms with E-state index >= 15 is 0 Å². The molecule has 1 saturated carbocycles. The molecule has 0 spiro atoms. The summed E-state index contributed by atoms with van der Waals surface area (Å²) in [6.07, 6.45) is 2.39. The molecule has 1 heterocycles. The highest BCUT2D eigenvalue weighted by Gasteiger charge is 2.24. The summed E-state index contributed by atoms with van der Waals surface area (Å²) < 4.78 is 0. The van der Waals surface area contributed by atoms with Gasteiger partial charge in [0.25, 0.3) is 5.56 Å². The zero-order valence-electron chi connectivity index (χ0n) is 7.05. The number of rotatable bonds is 1. The van der Waals surface area contributed by atoms with E-state index in [4.69, 9.17) is 5.73 Å². The molecule has 0 aromatic carbocycles. The monoisotopic (exact) mass is 164 g/mol. The van der Waals surface area contributed by atoms with Gasteiger partial charge in [0.15, 0.2) is 0 Å². The van der Waals surface area contributed by atoms with Crippen molar-refractivity contribution >= 4 is 5.69 Å². The van der Waals surface area contributed by atoms with Crippen LogP contribution in [0.4, 0.5) is 5.69 Å². The molecule has 2 rings (SSSR count). The Labute approximate surface area is 70.6 Å². The molecule has 0 atom stereocenters. The van der Waals surface area contributed by atoms with Crippen LogP contribution in [0.15, 0.2) is 10.9 Å². The first-order valence-corrected chi connectivity index (χ1v) is 4.18. The highest BCUT2D eigenvalue weighted by atomic mass is 16.1. The molecular weight excluding hydrogens is 152 g/mol. The fourth-order valence-corrected chi connectivity index (χ4v) is 1.34. The molecule has 1 aromatic heterocycles. The van der Waals surface area contributed by atoms with Gasteiger partial charge in [-0.1, -0.05) is 0 Å². The largest absolute Gasteiger partial charge is 0.394 e. The van der Waals surface area contributed by atoms with Gasteiger partial charge in [0, 0.05) is 5.69 Å². The molecule has 1 aliphatic carbocycles. The number of hydrogen-bond acceptors (Lipinski definition) is 2. The second kappa shape index (κ2) is 2.37. The number of pyridine rings is 1. The second-order valence-corrected chi connectivity index (χ2v) is 3.42. The maximum Gasteiger partial charge on any atom is 0.271 e. The lowest BCUT2D eigenvalue weighted by molar-refractivity contribution is 0.994. The third-order valence-electron chi connectivity index (χ3n) is 2.32. The van der Waals surface area contributed by atoms with E-state index in [1.807, 2.05) is 13.0 Å². The summed E-state index contributed by atoms with van der Waals surface area (Å²) in [5, 5.41) is 0. The molecular formula is C9H12N2O. The molecule has 0 amide bonds. The molecule has 64 valence electrons. The molecule has 0 saturated heterocycles. The quantitative estimate of drug-likeness (QED) is 0.654. The number of nitrogens with one attached hydrogen (secondary N) is 1. The van der Waals surface area contributed by atoms with Crippen LogP contribution in [0.3, 0.4) is 0 Å². The van der Waals surface area contributed by atoms with Crippen LogP contribution < -0.4 is 11.3 Å². The third-order valence-corrected chi connectivity index (χ3v) is 2.32. The van der Waals surface area contributed by atoms with E-state index < -0.39 is 0 Å². The Balaban J connectivity index is 2.53. The van der Waals surface area contributed by atoms with Crippen LogP contribution in [0, 0.1) is 6.92 Å². The predicted octanol–water partition coefficient (Wildman–Crippen LogP) is 1.14. The molecule has 1 aliphatic rings. The van der Waals surface area contributed by atoms with Gasteiger partial charge in [-0.05, 0) is 37.3 Å². The Kier molecular flexibility index (Phi) is 1.46. The van der Waals surface area contributed by atoms with Gasteiger partial charge in [-0.3, -0.25) is 4.79 Å². The highest BCUT2D eigenvalue weighted by Crippen LogP contribution is 2.38. The summed E-state index contributed by atoms with van der Waals surface area (Å²) in [5.41, 5.74) is 7.67. The van der Waals surface area contributed by atoms with Crippen LogP contribution in [-0.4, -0.2) is 4.98 Å². The van der Waals surface area contributed by atoms with E-state index in [2.05, 4.69) is 4.98 Å². The summed E-state index contributed by atoms with van der Waals surface area (Å²) in [7, 11) is 0. The van der Waals surface area contributed by atoms with E-state index in [0.29, 0.717) is 11.6 Å². The molecule has 0 unspecified atom stereocenters. The minimum atomic E-state index is -0.142. The SMILES string of the molecule is Cc1cc(C2CC2)[nH]c(=O)c1N. The Morgan fingerprint density at radius 2 is 2.25 bits per heavy atom. The minimum Gasteiger partial charge on any atom is -0.394 e. The van der Waals surface area contributed by atoms with Crippen molar-refractivity contribution in [2.24, 2.45) is 0 Å². The Bertz CT molecular complexity index is 363. The number of anilines is 1. The molecule has 1 aromatic rings. The molecule has 0 bridgehead atoms. The third kappa shape index (κ3) is 1.11. The number of hydrogen-bond donors (Lipinski definition) is 2. The number of nitrogen functional groups attached to an aromatic ring is 1. The summed E-state index contributed by atoms with van der Waals surface area (Å²) in [6.45, 7) is 1.87. The van der Waals surface area contributed by atoms with Crippen LogP contribution in [0.25, 0.3) is 0 Å². The van der Waals surface area contributed by atoms with Crippen LogP contribution in [0.5, 0.6) is 0 Å². The summed E-state index contributed by atoms with van der Waals surface area (Å²) in [4.78, 5) is 14.0. The maximum atomic E-state index is 11.2. The van der Waals surface area contributed by atoms with Crippen molar-refractivity contribution in [1.29, 1.82) is 0 Å². The van der Waals surface area contributed by atoms with Gasteiger partial charge in [0.2, 0.25) is 0 Å². The fraction of sp³-hybridized carbons (Fsp3) is 0.444. The first kappa shape index (κ1) is 7.40. The van der Waals surface area contributed by atoms with E-state index in [9.17, 15) is 4.79 Å². The number of aryl methyl sites for hydroxylation is 1. The zero-order chi connectivity index (χ0) is 8.72. The lowest BCUT2D eigenvalue weighted by Gasteiger charge is -2.02. The number of H-pyrrole nitrogens is 1. The number of aromatic amines is 1. The van der Waals surface area contributed by atoms with Crippen molar-refractivity contribution in [2.75, 3.05) is 5.73 Å². The van der Waals surface area contributed by atoms with Gasteiger partial charge in [-0.15, -0.1) is 0 Å². The van der Waals surface area contributed by atoms with E-state index in [1.165, 1.54) is 12.8 Å². The summed E-state index contributed by atoms with van der Waals surface area (Å²) in [5.74, 6) is 0.581. The van der Waals surface area contributed by atoms with Gasteiger partial charge in [0.05, 0.1) is 0 Å². The minimum absolute atomic E-state index is 0.142. The normalized spacial score (nSPS) is 16.4. The second-order valence-electron chi connectivity index (χ2n) is 3.42. The van der Waals surface area contributed by atoms with Crippen LogP contribution in [-0.2, 0) is 0 Å². The van der Waals surface area contributed by atoms with Crippen molar-refractivity contribution in [2.45, 2.75) is 25.7 Å². The number of aromatic nitrogens is 1. The maximum absolute atomic E-state index is 11.2. The molecule has 0 aliphatic heterocycles. The average Bonchev–Trinajstić information content (AvgIpc) is 2.81. The summed E-state index contributed by atoms with van der Waals surface area (Å²) in [6, 6.07) is 1.98. The molecule has 1 fully saturated rings. The standard InChI is InChI=1S/C9H12N2O/c1-5-4-7(6-2-3-6)11-9(12)8(5)10/h4,6H,2-3,10H2,1H3,(H,11,12). The van der Waals surface area contributed by atoms with Gasteiger partial charge in [-0.25, -0.2) is 0 Å². The number of nitrogens with two attached hydrogens (primary N) is 1. The van der Waals surface area contributed by atoms with Gasteiger partial charge in [-0.2, -0.15) is 0 Å². The highest BCUT2D eigenvalue weighted by molar-refractivity contribution is 5.45. The Hall–Kier alpha value is -1.25. The van der Waals surface area contributed by atoms with Gasteiger partial charge in [0.1, 0.15) is 5.69 Å². The van der Waals surface area contributed by atoms with Gasteiger partial charge >= 0.3 is 0 Å². The Morgan fingerprint density at radius 3 is 2.75 bits per heavy atom. The van der Waals surface area contributed by atoms with Crippen molar-refractivity contribution < 1.29 is 0 Å². The van der Waals surface area contributed by atoms with Crippen LogP contribution in [0.2, 0.25) is 0 Å². The van der Waals surface area contributed by atoms with Crippen molar-refractivity contribution in [3.8, 4) is 0 Å². The van der Waals surface area contributed by atoms with Crippen molar-refractivity contribution in [1.82, 2.24) is 4.98 Å². The molecule has 3 heteroatoms. The molecule has 3 N–H and O–H groups in total. The lowest BCUT2D eigenvalue weighted by atomic mass is 10.2. The van der Waals surface area contributed by atoms with E-state index in [0.717, 1.165) is 11.3 Å². The lowest BCUT2D eigenvalue weighted by Crippen LogP contribution is -2.14. The van der Waals surface area contributed by atoms with E-state index in [-0.39, 0.29) is 5.56 Å². The fourth-order valence-electron chi connectivity index (χ4n) is 1.34.